The third kappa shape index (κ3) is 3.20. The van der Waals surface area contributed by atoms with Crippen LogP contribution in [-0.4, -0.2) is 29.6 Å². The third-order valence-corrected chi connectivity index (χ3v) is 5.77. The number of nitrogens with two attached hydrogens (primary N) is 1. The average Bonchev–Trinajstić information content (AvgIpc) is 3.32. The van der Waals surface area contributed by atoms with E-state index in [1.807, 2.05) is 0 Å². The van der Waals surface area contributed by atoms with Gasteiger partial charge in [-0.05, 0) is 68.3 Å². The van der Waals surface area contributed by atoms with Gasteiger partial charge in [0, 0.05) is 22.6 Å². The van der Waals surface area contributed by atoms with Crippen molar-refractivity contribution < 1.29 is 0 Å². The Kier molecular flexibility index (Phi) is 4.72. The molecule has 1 unspecified atom stereocenters. The average molecular weight is 351 g/mol. The first-order valence-electron chi connectivity index (χ1n) is 8.42. The van der Waals surface area contributed by atoms with Gasteiger partial charge in [0.2, 0.25) is 0 Å². The standard InChI is InChI=1S/C18H27BrN2/c1-2-3-10-21(17-6-7-17)18(13-20)9-8-14-11-16(19)5-4-15(14)12-18/h4-5,11,17H,2-3,6-10,12-13,20H2,1H3. The van der Waals surface area contributed by atoms with Gasteiger partial charge in [-0.1, -0.05) is 35.3 Å². The lowest BCUT2D eigenvalue weighted by molar-refractivity contribution is 0.0689. The SMILES string of the molecule is CCCCN(C1CC1)C1(CN)CCc2cc(Br)ccc2C1. The number of halogens is 1. The summed E-state index contributed by atoms with van der Waals surface area (Å²) in [5.41, 5.74) is 9.54. The Labute approximate surface area is 137 Å². The van der Waals surface area contributed by atoms with Crippen molar-refractivity contribution in [2.45, 2.75) is 63.5 Å². The van der Waals surface area contributed by atoms with Crippen LogP contribution in [0.3, 0.4) is 0 Å². The van der Waals surface area contributed by atoms with Crippen LogP contribution in [-0.2, 0) is 12.8 Å². The Bertz CT molecular complexity index is 498. The summed E-state index contributed by atoms with van der Waals surface area (Å²) in [6.45, 7) is 4.31. The second-order valence-corrected chi connectivity index (χ2v) is 7.71. The molecule has 3 heteroatoms. The molecule has 0 spiro atoms. The van der Waals surface area contributed by atoms with Crippen LogP contribution in [0.1, 0.15) is 50.2 Å². The summed E-state index contributed by atoms with van der Waals surface area (Å²) in [6.07, 6.45) is 8.83. The van der Waals surface area contributed by atoms with Crippen molar-refractivity contribution in [1.29, 1.82) is 0 Å². The van der Waals surface area contributed by atoms with Crippen LogP contribution < -0.4 is 5.73 Å². The molecule has 0 radical (unpaired) electrons. The Balaban J connectivity index is 1.84. The molecule has 2 N–H and O–H groups in total. The smallest absolute Gasteiger partial charge is 0.0378 e. The van der Waals surface area contributed by atoms with Gasteiger partial charge < -0.3 is 5.73 Å². The van der Waals surface area contributed by atoms with Crippen molar-refractivity contribution in [1.82, 2.24) is 4.90 Å². The Morgan fingerprint density at radius 1 is 1.33 bits per heavy atom. The first-order valence-corrected chi connectivity index (χ1v) is 9.22. The third-order valence-electron chi connectivity index (χ3n) is 5.28. The zero-order valence-corrected chi connectivity index (χ0v) is 14.7. The quantitative estimate of drug-likeness (QED) is 0.842. The van der Waals surface area contributed by atoms with E-state index in [9.17, 15) is 0 Å². The molecule has 3 rings (SSSR count). The molecule has 116 valence electrons. The van der Waals surface area contributed by atoms with Gasteiger partial charge in [-0.15, -0.1) is 0 Å². The van der Waals surface area contributed by atoms with Gasteiger partial charge in [0.1, 0.15) is 0 Å². The molecule has 0 amide bonds. The molecule has 1 saturated carbocycles. The molecule has 2 nitrogen and oxygen atoms in total. The van der Waals surface area contributed by atoms with Crippen molar-refractivity contribution in [3.63, 3.8) is 0 Å². The number of rotatable bonds is 6. The van der Waals surface area contributed by atoms with Crippen molar-refractivity contribution in [2.75, 3.05) is 13.1 Å². The van der Waals surface area contributed by atoms with Crippen molar-refractivity contribution in [3.8, 4) is 0 Å². The zero-order chi connectivity index (χ0) is 14.9. The summed E-state index contributed by atoms with van der Waals surface area (Å²) in [7, 11) is 0. The fourth-order valence-corrected chi connectivity index (χ4v) is 4.28. The summed E-state index contributed by atoms with van der Waals surface area (Å²) in [5, 5.41) is 0. The maximum atomic E-state index is 6.31. The normalized spacial score (nSPS) is 25.1. The number of aryl methyl sites for hydroxylation is 1. The lowest BCUT2D eigenvalue weighted by atomic mass is 9.76. The molecule has 2 aliphatic rings. The second-order valence-electron chi connectivity index (χ2n) is 6.80. The van der Waals surface area contributed by atoms with Gasteiger partial charge in [0.25, 0.3) is 0 Å². The number of hydrogen-bond donors (Lipinski definition) is 1. The molecule has 21 heavy (non-hydrogen) atoms. The van der Waals surface area contributed by atoms with Crippen molar-refractivity contribution >= 4 is 15.9 Å². The lowest BCUT2D eigenvalue weighted by Gasteiger charge is -2.47. The van der Waals surface area contributed by atoms with Crippen LogP contribution in [0.15, 0.2) is 22.7 Å². The van der Waals surface area contributed by atoms with Crippen molar-refractivity contribution in [3.05, 3.63) is 33.8 Å². The highest BCUT2D eigenvalue weighted by Gasteiger charge is 2.44. The fourth-order valence-electron chi connectivity index (χ4n) is 3.87. The Morgan fingerprint density at radius 3 is 2.81 bits per heavy atom. The van der Waals surface area contributed by atoms with Gasteiger partial charge in [-0.2, -0.15) is 0 Å². The van der Waals surface area contributed by atoms with E-state index in [0.29, 0.717) is 0 Å². The van der Waals surface area contributed by atoms with Crippen LogP contribution in [0.5, 0.6) is 0 Å². The number of benzene rings is 1. The molecule has 1 aromatic rings. The lowest BCUT2D eigenvalue weighted by Crippen LogP contribution is -2.58. The topological polar surface area (TPSA) is 29.3 Å². The summed E-state index contributed by atoms with van der Waals surface area (Å²) >= 11 is 3.60. The van der Waals surface area contributed by atoms with E-state index in [4.69, 9.17) is 5.73 Å². The van der Waals surface area contributed by atoms with Gasteiger partial charge in [-0.25, -0.2) is 0 Å². The number of unbranched alkanes of at least 4 members (excludes halogenated alkanes) is 1. The molecular weight excluding hydrogens is 324 g/mol. The highest BCUT2D eigenvalue weighted by molar-refractivity contribution is 9.10. The largest absolute Gasteiger partial charge is 0.329 e. The maximum Gasteiger partial charge on any atom is 0.0378 e. The first-order chi connectivity index (χ1) is 10.2. The van der Waals surface area contributed by atoms with E-state index in [1.54, 1.807) is 0 Å². The van der Waals surface area contributed by atoms with Gasteiger partial charge in [-0.3, -0.25) is 4.90 Å². The predicted molar refractivity (Wildman–Crippen MR) is 92.6 cm³/mol. The van der Waals surface area contributed by atoms with Gasteiger partial charge in [0.15, 0.2) is 0 Å². The highest BCUT2D eigenvalue weighted by atomic mass is 79.9. The first kappa shape index (κ1) is 15.5. The Hall–Kier alpha value is -0.380. The maximum absolute atomic E-state index is 6.31. The van der Waals surface area contributed by atoms with Crippen LogP contribution in [0.2, 0.25) is 0 Å². The minimum atomic E-state index is 0.206. The summed E-state index contributed by atoms with van der Waals surface area (Å²) < 4.78 is 1.20. The predicted octanol–water partition coefficient (Wildman–Crippen LogP) is 3.90. The Morgan fingerprint density at radius 2 is 2.14 bits per heavy atom. The minimum absolute atomic E-state index is 0.206. The van der Waals surface area contributed by atoms with E-state index < -0.39 is 0 Å². The van der Waals surface area contributed by atoms with Gasteiger partial charge in [0.05, 0.1) is 0 Å². The van der Waals surface area contributed by atoms with Gasteiger partial charge >= 0.3 is 0 Å². The molecule has 0 aromatic heterocycles. The monoisotopic (exact) mass is 350 g/mol. The van der Waals surface area contributed by atoms with E-state index in [2.05, 4.69) is 46.0 Å². The molecule has 0 saturated heterocycles. The van der Waals surface area contributed by atoms with Crippen LogP contribution >= 0.6 is 15.9 Å². The fraction of sp³-hybridized carbons (Fsp3) is 0.667. The van der Waals surface area contributed by atoms with Crippen LogP contribution in [0.4, 0.5) is 0 Å². The number of nitrogens with zero attached hydrogens (tertiary/aromatic N) is 1. The molecular formula is C18H27BrN2. The second kappa shape index (κ2) is 6.39. The number of hydrogen-bond acceptors (Lipinski definition) is 2. The summed E-state index contributed by atoms with van der Waals surface area (Å²) in [6, 6.07) is 7.58. The van der Waals surface area contributed by atoms with Crippen LogP contribution in [0.25, 0.3) is 0 Å². The van der Waals surface area contributed by atoms with Crippen molar-refractivity contribution in [2.24, 2.45) is 5.73 Å². The molecule has 1 atom stereocenters. The molecule has 1 fully saturated rings. The summed E-state index contributed by atoms with van der Waals surface area (Å²) in [5.74, 6) is 0. The van der Waals surface area contributed by atoms with Crippen LogP contribution in [0, 0.1) is 0 Å². The highest BCUT2D eigenvalue weighted by Crippen LogP contribution is 2.40. The molecule has 2 aliphatic carbocycles. The zero-order valence-electron chi connectivity index (χ0n) is 13.1. The van der Waals surface area contributed by atoms with E-state index >= 15 is 0 Å². The molecule has 1 aromatic carbocycles. The van der Waals surface area contributed by atoms with E-state index in [-0.39, 0.29) is 5.54 Å². The minimum Gasteiger partial charge on any atom is -0.329 e. The molecule has 0 aliphatic heterocycles. The number of fused-ring (bicyclic) bond motifs is 1. The summed E-state index contributed by atoms with van der Waals surface area (Å²) in [4.78, 5) is 2.78. The van der Waals surface area contributed by atoms with E-state index in [1.165, 1.54) is 60.7 Å². The molecule has 0 heterocycles. The molecule has 0 bridgehead atoms. The van der Waals surface area contributed by atoms with E-state index in [0.717, 1.165) is 19.0 Å².